The van der Waals surface area contributed by atoms with Crippen molar-refractivity contribution in [2.75, 3.05) is 18.1 Å². The number of rotatable bonds is 4. The second kappa shape index (κ2) is 5.75. The molecular formula is C9H14IN3S. The van der Waals surface area contributed by atoms with E-state index in [1.54, 1.807) is 0 Å². The molecule has 0 spiro atoms. The molecule has 0 amide bonds. The summed E-state index contributed by atoms with van der Waals surface area (Å²) < 4.78 is 1.11. The molecule has 3 nitrogen and oxygen atoms in total. The van der Waals surface area contributed by atoms with Crippen molar-refractivity contribution in [1.82, 2.24) is 9.97 Å². The Hall–Kier alpha value is -0.0400. The van der Waals surface area contributed by atoms with Gasteiger partial charge in [-0.1, -0.05) is 6.92 Å². The van der Waals surface area contributed by atoms with Gasteiger partial charge >= 0.3 is 0 Å². The van der Waals surface area contributed by atoms with Gasteiger partial charge in [0, 0.05) is 7.05 Å². The second-order valence-electron chi connectivity index (χ2n) is 2.77. The van der Waals surface area contributed by atoms with Crippen molar-refractivity contribution in [3.63, 3.8) is 0 Å². The summed E-state index contributed by atoms with van der Waals surface area (Å²) in [4.78, 5) is 8.88. The van der Waals surface area contributed by atoms with Crippen LogP contribution in [0.1, 0.15) is 18.4 Å². The summed E-state index contributed by atoms with van der Waals surface area (Å²) in [6, 6.07) is 0. The molecule has 0 atom stereocenters. The van der Waals surface area contributed by atoms with Gasteiger partial charge in [-0.25, -0.2) is 9.97 Å². The normalized spacial score (nSPS) is 10.3. The van der Waals surface area contributed by atoms with E-state index in [1.807, 2.05) is 25.7 Å². The van der Waals surface area contributed by atoms with Crippen LogP contribution in [0.15, 0.2) is 0 Å². The third-order valence-corrected chi connectivity index (χ3v) is 3.90. The minimum Gasteiger partial charge on any atom is -0.372 e. The van der Waals surface area contributed by atoms with Gasteiger partial charge < -0.3 is 5.32 Å². The first kappa shape index (κ1) is 12.0. The van der Waals surface area contributed by atoms with Crippen LogP contribution in [0.3, 0.4) is 0 Å². The summed E-state index contributed by atoms with van der Waals surface area (Å²) >= 11 is 4.10. The molecule has 0 saturated heterocycles. The zero-order valence-corrected chi connectivity index (χ0v) is 11.6. The summed E-state index contributed by atoms with van der Waals surface area (Å²) in [5.74, 6) is 3.84. The Morgan fingerprint density at radius 1 is 1.43 bits per heavy atom. The lowest BCUT2D eigenvalue weighted by Crippen LogP contribution is -2.04. The molecule has 0 radical (unpaired) electrons. The molecule has 1 rings (SSSR count). The van der Waals surface area contributed by atoms with E-state index in [-0.39, 0.29) is 0 Å². The van der Waals surface area contributed by atoms with Gasteiger partial charge in [0.1, 0.15) is 11.6 Å². The highest BCUT2D eigenvalue weighted by atomic mass is 127. The molecule has 5 heteroatoms. The zero-order chi connectivity index (χ0) is 10.6. The maximum atomic E-state index is 4.44. The van der Waals surface area contributed by atoms with E-state index in [2.05, 4.69) is 44.8 Å². The molecule has 78 valence electrons. The van der Waals surface area contributed by atoms with Gasteiger partial charge in [-0.3, -0.25) is 0 Å². The van der Waals surface area contributed by atoms with E-state index in [4.69, 9.17) is 0 Å². The predicted octanol–water partition coefficient (Wildman–Crippen LogP) is 2.68. The Kier molecular flexibility index (Phi) is 4.94. The number of hydrogen-bond acceptors (Lipinski definition) is 4. The molecule has 1 aromatic rings. The van der Waals surface area contributed by atoms with Gasteiger partial charge in [0.15, 0.2) is 0 Å². The molecule has 0 fully saturated rings. The first-order valence-corrected chi connectivity index (χ1v) is 6.70. The van der Waals surface area contributed by atoms with Gasteiger partial charge in [0.05, 0.1) is 15.0 Å². The minimum absolute atomic E-state index is 0.892. The van der Waals surface area contributed by atoms with Crippen molar-refractivity contribution in [3.05, 3.63) is 15.1 Å². The number of halogens is 1. The van der Waals surface area contributed by atoms with Gasteiger partial charge in [-0.15, -0.1) is 0 Å². The van der Waals surface area contributed by atoms with Crippen molar-refractivity contribution in [1.29, 1.82) is 0 Å². The smallest absolute Gasteiger partial charge is 0.143 e. The Labute approximate surface area is 103 Å². The van der Waals surface area contributed by atoms with Gasteiger partial charge in [0.25, 0.3) is 0 Å². The molecule has 0 saturated carbocycles. The van der Waals surface area contributed by atoms with Crippen LogP contribution in [-0.4, -0.2) is 22.8 Å². The van der Waals surface area contributed by atoms with Crippen LogP contribution in [0.5, 0.6) is 0 Å². The lowest BCUT2D eigenvalue weighted by molar-refractivity contribution is 0.984. The standard InChI is InChI=1S/C9H14IN3S/c1-4-14-5-7-12-6(2)8(10)9(11-3)13-7/h4-5H2,1-3H3,(H,11,12,13). The summed E-state index contributed by atoms with van der Waals surface area (Å²) in [7, 11) is 1.89. The molecule has 1 aromatic heterocycles. The van der Waals surface area contributed by atoms with Crippen LogP contribution in [0.4, 0.5) is 5.82 Å². The quantitative estimate of drug-likeness (QED) is 0.865. The van der Waals surface area contributed by atoms with Crippen LogP contribution in [0.2, 0.25) is 0 Å². The maximum absolute atomic E-state index is 4.44. The molecule has 0 aliphatic rings. The Balaban J connectivity index is 2.91. The van der Waals surface area contributed by atoms with E-state index < -0.39 is 0 Å². The number of aryl methyl sites for hydroxylation is 1. The van der Waals surface area contributed by atoms with E-state index in [9.17, 15) is 0 Å². The first-order valence-electron chi connectivity index (χ1n) is 4.47. The number of nitrogens with zero attached hydrogens (tertiary/aromatic N) is 2. The topological polar surface area (TPSA) is 37.8 Å². The maximum Gasteiger partial charge on any atom is 0.143 e. The van der Waals surface area contributed by atoms with Crippen LogP contribution in [0, 0.1) is 10.5 Å². The molecule has 1 N–H and O–H groups in total. The van der Waals surface area contributed by atoms with Crippen LogP contribution in [0.25, 0.3) is 0 Å². The highest BCUT2D eigenvalue weighted by Gasteiger charge is 2.07. The molecule has 14 heavy (non-hydrogen) atoms. The van der Waals surface area contributed by atoms with Crippen molar-refractivity contribution in [2.45, 2.75) is 19.6 Å². The zero-order valence-electron chi connectivity index (χ0n) is 8.59. The first-order chi connectivity index (χ1) is 6.69. The van der Waals surface area contributed by atoms with Crippen LogP contribution >= 0.6 is 34.4 Å². The summed E-state index contributed by atoms with van der Waals surface area (Å²) in [5, 5.41) is 3.09. The summed E-state index contributed by atoms with van der Waals surface area (Å²) in [6.07, 6.45) is 0. The van der Waals surface area contributed by atoms with Crippen molar-refractivity contribution >= 4 is 40.2 Å². The number of hydrogen-bond donors (Lipinski definition) is 1. The highest BCUT2D eigenvalue weighted by Crippen LogP contribution is 2.19. The van der Waals surface area contributed by atoms with Gasteiger partial charge in [0.2, 0.25) is 0 Å². The fraction of sp³-hybridized carbons (Fsp3) is 0.556. The average molecular weight is 323 g/mol. The second-order valence-corrected chi connectivity index (χ2v) is 5.13. The van der Waals surface area contributed by atoms with E-state index in [1.165, 1.54) is 0 Å². The van der Waals surface area contributed by atoms with Gasteiger partial charge in [-0.2, -0.15) is 11.8 Å². The molecule has 0 bridgehead atoms. The fourth-order valence-electron chi connectivity index (χ4n) is 1.04. The fourth-order valence-corrected chi connectivity index (χ4v) is 2.07. The number of nitrogens with one attached hydrogen (secondary N) is 1. The summed E-state index contributed by atoms with van der Waals surface area (Å²) in [6.45, 7) is 4.16. The number of anilines is 1. The predicted molar refractivity (Wildman–Crippen MR) is 70.9 cm³/mol. The van der Waals surface area contributed by atoms with Crippen molar-refractivity contribution < 1.29 is 0 Å². The molecule has 0 aromatic carbocycles. The minimum atomic E-state index is 0.892. The average Bonchev–Trinajstić information content (AvgIpc) is 2.19. The number of aromatic nitrogens is 2. The monoisotopic (exact) mass is 323 g/mol. The lowest BCUT2D eigenvalue weighted by Gasteiger charge is -2.07. The Bertz CT molecular complexity index is 317. The third kappa shape index (κ3) is 2.98. The van der Waals surface area contributed by atoms with E-state index >= 15 is 0 Å². The molecule has 0 aliphatic carbocycles. The molecule has 0 unspecified atom stereocenters. The highest BCUT2D eigenvalue weighted by molar-refractivity contribution is 14.1. The Morgan fingerprint density at radius 2 is 2.14 bits per heavy atom. The van der Waals surface area contributed by atoms with Crippen LogP contribution < -0.4 is 5.32 Å². The van der Waals surface area contributed by atoms with Gasteiger partial charge in [-0.05, 0) is 35.3 Å². The third-order valence-electron chi connectivity index (χ3n) is 1.74. The Morgan fingerprint density at radius 3 is 2.71 bits per heavy atom. The SMILES string of the molecule is CCSCc1nc(C)c(I)c(NC)n1. The summed E-state index contributed by atoms with van der Waals surface area (Å²) in [5.41, 5.74) is 1.05. The van der Waals surface area contributed by atoms with E-state index in [0.29, 0.717) is 0 Å². The molecule has 1 heterocycles. The largest absolute Gasteiger partial charge is 0.372 e. The molecule has 0 aliphatic heterocycles. The van der Waals surface area contributed by atoms with Crippen molar-refractivity contribution in [2.24, 2.45) is 0 Å². The van der Waals surface area contributed by atoms with Crippen LogP contribution in [-0.2, 0) is 5.75 Å². The lowest BCUT2D eigenvalue weighted by atomic mass is 10.4. The van der Waals surface area contributed by atoms with Crippen molar-refractivity contribution in [3.8, 4) is 0 Å². The number of thioether (sulfide) groups is 1. The van der Waals surface area contributed by atoms with E-state index in [0.717, 1.165) is 32.4 Å². The molecular weight excluding hydrogens is 309 g/mol.